The molecule has 0 aromatic heterocycles. The van der Waals surface area contributed by atoms with Crippen molar-refractivity contribution in [1.82, 2.24) is 9.21 Å². The van der Waals surface area contributed by atoms with Gasteiger partial charge in [0.25, 0.3) is 0 Å². The van der Waals surface area contributed by atoms with E-state index in [-0.39, 0.29) is 11.8 Å². The zero-order chi connectivity index (χ0) is 21.3. The Morgan fingerprint density at radius 2 is 1.73 bits per heavy atom. The average molecular weight is 433 g/mol. The Labute approximate surface area is 176 Å². The highest BCUT2D eigenvalue weighted by Crippen LogP contribution is 2.28. The maximum atomic E-state index is 14.0. The number of halogens is 1. The number of para-hydroxylation sites is 1. The van der Waals surface area contributed by atoms with Gasteiger partial charge in [-0.05, 0) is 35.7 Å². The first kappa shape index (κ1) is 20.6. The van der Waals surface area contributed by atoms with E-state index in [0.717, 1.165) is 16.8 Å². The molecular weight excluding hydrogens is 407 g/mol. The SMILES string of the molecule is CS(=O)(=O)N1CCc2c(cccc2NC(=O)N2CCN(c3ccccc3F)CC2)C1. The lowest BCUT2D eigenvalue weighted by atomic mass is 9.99. The van der Waals surface area contributed by atoms with Crippen molar-refractivity contribution in [2.45, 2.75) is 13.0 Å². The molecule has 0 aliphatic carbocycles. The summed E-state index contributed by atoms with van der Waals surface area (Å²) in [6.07, 6.45) is 1.77. The van der Waals surface area contributed by atoms with E-state index in [4.69, 9.17) is 0 Å². The van der Waals surface area contributed by atoms with E-state index in [1.165, 1.54) is 16.6 Å². The summed E-state index contributed by atoms with van der Waals surface area (Å²) in [6.45, 7) is 2.84. The molecule has 1 N–H and O–H groups in total. The Morgan fingerprint density at radius 1 is 1.00 bits per heavy atom. The third-order valence-electron chi connectivity index (χ3n) is 5.70. The number of urea groups is 1. The summed E-state index contributed by atoms with van der Waals surface area (Å²) in [6, 6.07) is 12.1. The summed E-state index contributed by atoms with van der Waals surface area (Å²) < 4.78 is 39.1. The fourth-order valence-corrected chi connectivity index (χ4v) is 4.83. The van der Waals surface area contributed by atoms with E-state index in [2.05, 4.69) is 5.32 Å². The first-order valence-electron chi connectivity index (χ1n) is 9.94. The van der Waals surface area contributed by atoms with Crippen LogP contribution >= 0.6 is 0 Å². The summed E-state index contributed by atoms with van der Waals surface area (Å²) in [4.78, 5) is 16.5. The number of carbonyl (C=O) groups is 1. The van der Waals surface area contributed by atoms with Crippen molar-refractivity contribution in [2.24, 2.45) is 0 Å². The highest BCUT2D eigenvalue weighted by molar-refractivity contribution is 7.88. The van der Waals surface area contributed by atoms with Gasteiger partial charge in [0.15, 0.2) is 0 Å². The molecule has 2 heterocycles. The monoisotopic (exact) mass is 432 g/mol. The van der Waals surface area contributed by atoms with Gasteiger partial charge in [-0.2, -0.15) is 4.31 Å². The second-order valence-electron chi connectivity index (χ2n) is 7.65. The second kappa shape index (κ2) is 8.23. The predicted molar refractivity (Wildman–Crippen MR) is 115 cm³/mol. The maximum absolute atomic E-state index is 14.0. The van der Waals surface area contributed by atoms with E-state index in [0.29, 0.717) is 51.4 Å². The Kier molecular flexibility index (Phi) is 5.66. The van der Waals surface area contributed by atoms with E-state index < -0.39 is 10.0 Å². The molecule has 2 aromatic rings. The van der Waals surface area contributed by atoms with Crippen LogP contribution in [0.4, 0.5) is 20.6 Å². The number of fused-ring (bicyclic) bond motifs is 1. The minimum atomic E-state index is -3.25. The van der Waals surface area contributed by atoms with Crippen molar-refractivity contribution in [2.75, 3.05) is 49.2 Å². The van der Waals surface area contributed by atoms with E-state index in [9.17, 15) is 17.6 Å². The maximum Gasteiger partial charge on any atom is 0.321 e. The molecule has 2 aliphatic rings. The Hall–Kier alpha value is -2.65. The van der Waals surface area contributed by atoms with E-state index in [1.807, 2.05) is 23.1 Å². The van der Waals surface area contributed by atoms with Crippen LogP contribution in [0.2, 0.25) is 0 Å². The van der Waals surface area contributed by atoms with Gasteiger partial charge in [-0.25, -0.2) is 17.6 Å². The van der Waals surface area contributed by atoms with Crippen LogP contribution in [0.5, 0.6) is 0 Å². The summed E-state index contributed by atoms with van der Waals surface area (Å²) in [5.41, 5.74) is 3.18. The minimum Gasteiger partial charge on any atom is -0.366 e. The predicted octanol–water partition coefficient (Wildman–Crippen LogP) is 2.50. The molecular formula is C21H25FN4O3S. The van der Waals surface area contributed by atoms with Crippen molar-refractivity contribution in [3.63, 3.8) is 0 Å². The number of sulfonamides is 1. The number of hydrogen-bond acceptors (Lipinski definition) is 4. The number of benzene rings is 2. The number of carbonyl (C=O) groups excluding carboxylic acids is 1. The van der Waals surface area contributed by atoms with Gasteiger partial charge in [0, 0.05) is 45.0 Å². The zero-order valence-electron chi connectivity index (χ0n) is 16.8. The number of anilines is 2. The molecule has 2 aromatic carbocycles. The fraction of sp³-hybridized carbons (Fsp3) is 0.381. The van der Waals surface area contributed by atoms with E-state index >= 15 is 0 Å². The lowest BCUT2D eigenvalue weighted by Crippen LogP contribution is -2.50. The van der Waals surface area contributed by atoms with Crippen LogP contribution in [0.1, 0.15) is 11.1 Å². The van der Waals surface area contributed by atoms with Crippen molar-refractivity contribution in [3.8, 4) is 0 Å². The number of piperazine rings is 1. The van der Waals surface area contributed by atoms with E-state index in [1.54, 1.807) is 23.1 Å². The third-order valence-corrected chi connectivity index (χ3v) is 6.95. The molecule has 9 heteroatoms. The normalized spacial score (nSPS) is 17.5. The molecule has 30 heavy (non-hydrogen) atoms. The van der Waals surface area contributed by atoms with Gasteiger partial charge in [-0.15, -0.1) is 0 Å². The molecule has 0 spiro atoms. The molecule has 160 valence electrons. The van der Waals surface area contributed by atoms with Crippen LogP contribution in [0.3, 0.4) is 0 Å². The van der Waals surface area contributed by atoms with Crippen LogP contribution in [-0.2, 0) is 23.0 Å². The third kappa shape index (κ3) is 4.27. The van der Waals surface area contributed by atoms with Crippen molar-refractivity contribution in [3.05, 3.63) is 59.4 Å². The molecule has 0 bridgehead atoms. The van der Waals surface area contributed by atoms with Crippen LogP contribution < -0.4 is 10.2 Å². The lowest BCUT2D eigenvalue weighted by molar-refractivity contribution is 0.208. The highest BCUT2D eigenvalue weighted by Gasteiger charge is 2.27. The molecule has 1 fully saturated rings. The largest absolute Gasteiger partial charge is 0.366 e. The Balaban J connectivity index is 1.40. The average Bonchev–Trinajstić information content (AvgIpc) is 2.73. The molecule has 1 saturated heterocycles. The highest BCUT2D eigenvalue weighted by atomic mass is 32.2. The number of rotatable bonds is 3. The number of amides is 2. The molecule has 0 radical (unpaired) electrons. The topological polar surface area (TPSA) is 73.0 Å². The summed E-state index contributed by atoms with van der Waals surface area (Å²) in [5.74, 6) is -0.255. The Bertz CT molecular complexity index is 1050. The smallest absolute Gasteiger partial charge is 0.321 e. The summed E-state index contributed by atoms with van der Waals surface area (Å²) >= 11 is 0. The van der Waals surface area contributed by atoms with Crippen molar-refractivity contribution < 1.29 is 17.6 Å². The fourth-order valence-electron chi connectivity index (χ4n) is 4.04. The number of hydrogen-bond donors (Lipinski definition) is 1. The number of nitrogens with one attached hydrogen (secondary N) is 1. The molecule has 0 atom stereocenters. The lowest BCUT2D eigenvalue weighted by Gasteiger charge is -2.36. The van der Waals surface area contributed by atoms with Crippen LogP contribution in [0.25, 0.3) is 0 Å². The minimum absolute atomic E-state index is 0.192. The summed E-state index contributed by atoms with van der Waals surface area (Å²) in [5, 5.41) is 2.99. The number of nitrogens with zero attached hydrogens (tertiary/aromatic N) is 3. The molecule has 2 amide bonds. The quantitative estimate of drug-likeness (QED) is 0.809. The first-order valence-corrected chi connectivity index (χ1v) is 11.8. The van der Waals surface area contributed by atoms with Crippen LogP contribution in [0, 0.1) is 5.82 Å². The van der Waals surface area contributed by atoms with Gasteiger partial charge >= 0.3 is 6.03 Å². The molecule has 2 aliphatic heterocycles. The van der Waals surface area contributed by atoms with Gasteiger partial charge < -0.3 is 15.1 Å². The zero-order valence-corrected chi connectivity index (χ0v) is 17.7. The Morgan fingerprint density at radius 3 is 2.43 bits per heavy atom. The first-order chi connectivity index (χ1) is 14.3. The van der Waals surface area contributed by atoms with Gasteiger partial charge in [0.2, 0.25) is 10.0 Å². The molecule has 7 nitrogen and oxygen atoms in total. The van der Waals surface area contributed by atoms with Gasteiger partial charge in [0.05, 0.1) is 11.9 Å². The van der Waals surface area contributed by atoms with Gasteiger partial charge in [0.1, 0.15) is 5.82 Å². The summed E-state index contributed by atoms with van der Waals surface area (Å²) in [7, 11) is -3.25. The molecule has 0 unspecified atom stereocenters. The van der Waals surface area contributed by atoms with Gasteiger partial charge in [-0.1, -0.05) is 24.3 Å². The standard InChI is InChI=1S/C21H25FN4O3S/c1-30(28,29)26-10-9-17-16(15-26)5-4-7-19(17)23-21(27)25-13-11-24(12-14-25)20-8-3-2-6-18(20)22/h2-8H,9-15H2,1H3,(H,23,27). The van der Waals surface area contributed by atoms with Crippen LogP contribution in [0.15, 0.2) is 42.5 Å². The van der Waals surface area contributed by atoms with Crippen LogP contribution in [-0.4, -0.2) is 62.6 Å². The van der Waals surface area contributed by atoms with Crippen molar-refractivity contribution in [1.29, 1.82) is 0 Å². The molecule has 4 rings (SSSR count). The van der Waals surface area contributed by atoms with Crippen molar-refractivity contribution >= 4 is 27.4 Å². The van der Waals surface area contributed by atoms with Gasteiger partial charge in [-0.3, -0.25) is 0 Å². The second-order valence-corrected chi connectivity index (χ2v) is 9.63. The molecule has 0 saturated carbocycles.